The Kier molecular flexibility index (Phi) is 8.50. The third kappa shape index (κ3) is 6.82. The summed E-state index contributed by atoms with van der Waals surface area (Å²) >= 11 is 0. The van der Waals surface area contributed by atoms with Gasteiger partial charge in [-0.25, -0.2) is 8.42 Å². The molecule has 0 unspecified atom stereocenters. The van der Waals surface area contributed by atoms with Gasteiger partial charge >= 0.3 is 0 Å². The van der Waals surface area contributed by atoms with E-state index in [1.54, 1.807) is 13.1 Å². The summed E-state index contributed by atoms with van der Waals surface area (Å²) in [5.74, 6) is 1.37. The van der Waals surface area contributed by atoms with Crippen LogP contribution in [0, 0.1) is 13.8 Å². The van der Waals surface area contributed by atoms with Gasteiger partial charge in [0.05, 0.1) is 25.1 Å². The third-order valence-electron chi connectivity index (χ3n) is 5.69. The Morgan fingerprint density at radius 2 is 1.83 bits per heavy atom. The maximum atomic E-state index is 12.7. The zero-order valence-electron chi connectivity index (χ0n) is 20.8. The highest BCUT2D eigenvalue weighted by atomic mass is 32.2. The van der Waals surface area contributed by atoms with E-state index in [9.17, 15) is 13.2 Å². The predicted molar refractivity (Wildman–Crippen MR) is 135 cm³/mol. The average Bonchev–Trinajstić information content (AvgIpc) is 3.27. The van der Waals surface area contributed by atoms with E-state index >= 15 is 0 Å². The number of carbonyl (C=O) groups excluding carboxylic acids is 1. The molecule has 0 spiro atoms. The Hall–Kier alpha value is -3.40. The molecule has 188 valence electrons. The first kappa shape index (κ1) is 26.2. The largest absolute Gasteiger partial charge is 0.494 e. The molecule has 10 heteroatoms. The number of hydrogen-bond donors (Lipinski definition) is 0. The van der Waals surface area contributed by atoms with Crippen molar-refractivity contribution in [2.45, 2.75) is 40.2 Å². The number of nitrogens with zero attached hydrogens (tertiary/aromatic N) is 4. The van der Waals surface area contributed by atoms with Crippen molar-refractivity contribution in [2.75, 3.05) is 30.8 Å². The lowest BCUT2D eigenvalue weighted by molar-refractivity contribution is -0.130. The van der Waals surface area contributed by atoms with Crippen molar-refractivity contribution in [3.63, 3.8) is 0 Å². The molecule has 0 saturated carbocycles. The fourth-order valence-electron chi connectivity index (χ4n) is 3.63. The first-order valence-electron chi connectivity index (χ1n) is 11.4. The van der Waals surface area contributed by atoms with E-state index in [1.165, 1.54) is 15.5 Å². The van der Waals surface area contributed by atoms with Gasteiger partial charge in [-0.2, -0.15) is 4.98 Å². The van der Waals surface area contributed by atoms with Crippen molar-refractivity contribution in [3.8, 4) is 17.1 Å². The van der Waals surface area contributed by atoms with Gasteiger partial charge in [-0.15, -0.1) is 0 Å². The monoisotopic (exact) mass is 500 g/mol. The standard InChI is InChI=1S/C25H32N4O5S/c1-6-33-21-14-12-20(13-15-21)25-26-23(34-27-25)17-28(4)24(30)11-8-16-29(35(5,31)32)22-10-7-9-18(2)19(22)3/h7,9-10,12-15H,6,8,11,16-17H2,1-5H3. The number of aromatic nitrogens is 2. The SMILES string of the molecule is CCOc1ccc(-c2noc(CN(C)C(=O)CCCN(c3cccc(C)c3C)S(C)(=O)=O)n2)cc1. The first-order chi connectivity index (χ1) is 16.6. The number of anilines is 1. The number of aryl methyl sites for hydroxylation is 1. The molecule has 0 aliphatic heterocycles. The van der Waals surface area contributed by atoms with E-state index in [2.05, 4.69) is 10.1 Å². The Bertz CT molecular complexity index is 1260. The predicted octanol–water partition coefficient (Wildman–Crippen LogP) is 3.96. The third-order valence-corrected chi connectivity index (χ3v) is 6.87. The molecule has 1 heterocycles. The maximum absolute atomic E-state index is 12.7. The summed E-state index contributed by atoms with van der Waals surface area (Å²) in [6.45, 7) is 6.72. The molecule has 0 atom stereocenters. The molecular weight excluding hydrogens is 468 g/mol. The molecule has 0 saturated heterocycles. The highest BCUT2D eigenvalue weighted by Crippen LogP contribution is 2.25. The average molecular weight is 501 g/mol. The smallest absolute Gasteiger partial charge is 0.246 e. The van der Waals surface area contributed by atoms with Crippen LogP contribution in [0.3, 0.4) is 0 Å². The molecule has 3 rings (SSSR count). The van der Waals surface area contributed by atoms with Crippen LogP contribution in [0.25, 0.3) is 11.4 Å². The van der Waals surface area contributed by atoms with E-state index in [4.69, 9.17) is 9.26 Å². The fourth-order valence-corrected chi connectivity index (χ4v) is 4.65. The zero-order chi connectivity index (χ0) is 25.6. The van der Waals surface area contributed by atoms with E-state index in [1.807, 2.05) is 57.2 Å². The van der Waals surface area contributed by atoms with Crippen LogP contribution in [0.5, 0.6) is 5.75 Å². The van der Waals surface area contributed by atoms with Gasteiger partial charge in [0.1, 0.15) is 5.75 Å². The van der Waals surface area contributed by atoms with Gasteiger partial charge in [-0.1, -0.05) is 17.3 Å². The molecule has 1 aromatic heterocycles. The van der Waals surface area contributed by atoms with Crippen molar-refractivity contribution in [1.29, 1.82) is 0 Å². The molecule has 0 aliphatic rings. The number of hydrogen-bond acceptors (Lipinski definition) is 7. The number of amides is 1. The van der Waals surface area contributed by atoms with Gasteiger partial charge in [-0.3, -0.25) is 9.10 Å². The number of carbonyl (C=O) groups is 1. The summed E-state index contributed by atoms with van der Waals surface area (Å²) in [5, 5.41) is 4.00. The molecule has 0 fully saturated rings. The van der Waals surface area contributed by atoms with Gasteiger partial charge in [0.15, 0.2) is 0 Å². The number of sulfonamides is 1. The molecular formula is C25H32N4O5S. The molecule has 1 amide bonds. The Balaban J connectivity index is 1.57. The second-order valence-corrected chi connectivity index (χ2v) is 10.3. The Morgan fingerprint density at radius 3 is 2.49 bits per heavy atom. The second-order valence-electron chi connectivity index (χ2n) is 8.38. The maximum Gasteiger partial charge on any atom is 0.246 e. The summed E-state index contributed by atoms with van der Waals surface area (Å²) in [6, 6.07) is 12.9. The molecule has 9 nitrogen and oxygen atoms in total. The molecule has 35 heavy (non-hydrogen) atoms. The highest BCUT2D eigenvalue weighted by molar-refractivity contribution is 7.92. The van der Waals surface area contributed by atoms with Crippen LogP contribution in [0.1, 0.15) is 36.8 Å². The summed E-state index contributed by atoms with van der Waals surface area (Å²) < 4.78 is 36.9. The van der Waals surface area contributed by atoms with Crippen molar-refractivity contribution in [3.05, 3.63) is 59.5 Å². The lowest BCUT2D eigenvalue weighted by Crippen LogP contribution is -2.33. The topological polar surface area (TPSA) is 106 Å². The first-order valence-corrected chi connectivity index (χ1v) is 13.3. The second kappa shape index (κ2) is 11.4. The van der Waals surface area contributed by atoms with E-state index in [0.29, 0.717) is 30.4 Å². The number of ether oxygens (including phenoxy) is 1. The van der Waals surface area contributed by atoms with Gasteiger partial charge in [-0.05, 0) is 68.7 Å². The molecule has 3 aromatic rings. The van der Waals surface area contributed by atoms with Gasteiger partial charge in [0, 0.05) is 25.6 Å². The van der Waals surface area contributed by atoms with E-state index in [-0.39, 0.29) is 25.4 Å². The van der Waals surface area contributed by atoms with Crippen molar-refractivity contribution >= 4 is 21.6 Å². The van der Waals surface area contributed by atoms with E-state index < -0.39 is 10.0 Å². The molecule has 0 N–H and O–H groups in total. The van der Waals surface area contributed by atoms with Gasteiger partial charge < -0.3 is 14.2 Å². The molecule has 0 aliphatic carbocycles. The summed E-state index contributed by atoms with van der Waals surface area (Å²) in [4.78, 5) is 18.5. The van der Waals surface area contributed by atoms with Gasteiger partial charge in [0.2, 0.25) is 27.6 Å². The lowest BCUT2D eigenvalue weighted by atomic mass is 10.1. The Morgan fingerprint density at radius 1 is 1.11 bits per heavy atom. The molecule has 2 aromatic carbocycles. The summed E-state index contributed by atoms with van der Waals surface area (Å²) in [6.07, 6.45) is 1.75. The number of rotatable bonds is 11. The van der Waals surface area contributed by atoms with Crippen LogP contribution >= 0.6 is 0 Å². The van der Waals surface area contributed by atoms with Crippen molar-refractivity contribution in [1.82, 2.24) is 15.0 Å². The normalized spacial score (nSPS) is 11.3. The van der Waals surface area contributed by atoms with Crippen LogP contribution in [0.15, 0.2) is 47.0 Å². The highest BCUT2D eigenvalue weighted by Gasteiger charge is 2.21. The van der Waals surface area contributed by atoms with Crippen LogP contribution in [0.4, 0.5) is 5.69 Å². The van der Waals surface area contributed by atoms with Crippen molar-refractivity contribution < 1.29 is 22.5 Å². The van der Waals surface area contributed by atoms with Crippen LogP contribution in [0.2, 0.25) is 0 Å². The minimum atomic E-state index is -3.49. The van der Waals surface area contributed by atoms with Gasteiger partial charge in [0.25, 0.3) is 0 Å². The molecule has 0 radical (unpaired) electrons. The van der Waals surface area contributed by atoms with Crippen LogP contribution in [-0.2, 0) is 21.4 Å². The van der Waals surface area contributed by atoms with Crippen LogP contribution < -0.4 is 9.04 Å². The quantitative estimate of drug-likeness (QED) is 0.392. The summed E-state index contributed by atoms with van der Waals surface area (Å²) in [5.41, 5.74) is 3.34. The van der Waals surface area contributed by atoms with Crippen LogP contribution in [-0.4, -0.2) is 55.8 Å². The minimum Gasteiger partial charge on any atom is -0.494 e. The number of benzene rings is 2. The van der Waals surface area contributed by atoms with Crippen molar-refractivity contribution in [2.24, 2.45) is 0 Å². The minimum absolute atomic E-state index is 0.139. The Labute approximate surface area is 206 Å². The summed E-state index contributed by atoms with van der Waals surface area (Å²) in [7, 11) is -1.83. The van der Waals surface area contributed by atoms with E-state index in [0.717, 1.165) is 22.4 Å². The lowest BCUT2D eigenvalue weighted by Gasteiger charge is -2.25. The fraction of sp³-hybridized carbons (Fsp3) is 0.400. The zero-order valence-corrected chi connectivity index (χ0v) is 21.6. The molecule has 0 bridgehead atoms.